The second kappa shape index (κ2) is 3.56. The summed E-state index contributed by atoms with van der Waals surface area (Å²) in [6.45, 7) is 2.54. The second-order valence-corrected chi connectivity index (χ2v) is 2.52. The van der Waals surface area contributed by atoms with Crippen LogP contribution >= 0.6 is 0 Å². The lowest BCUT2D eigenvalue weighted by Crippen LogP contribution is -2.27. The second-order valence-electron chi connectivity index (χ2n) is 2.52. The maximum atomic E-state index is 11.0. The van der Waals surface area contributed by atoms with E-state index in [0.29, 0.717) is 5.91 Å². The van der Waals surface area contributed by atoms with E-state index in [9.17, 15) is 4.79 Å². The molecule has 3 heteroatoms. The standard InChI is InChI=1S/C7H13N2O/c1-8-4-6-9-5-2-3-7(9)10/h2-6H2,1H3/q-1. The van der Waals surface area contributed by atoms with Crippen molar-refractivity contribution in [3.05, 3.63) is 5.32 Å². The first-order chi connectivity index (χ1) is 4.84. The highest BCUT2D eigenvalue weighted by molar-refractivity contribution is 5.78. The molecule has 1 aliphatic heterocycles. The minimum absolute atomic E-state index is 0.295. The van der Waals surface area contributed by atoms with Gasteiger partial charge in [0.15, 0.2) is 0 Å². The third-order valence-electron chi connectivity index (χ3n) is 1.76. The third-order valence-corrected chi connectivity index (χ3v) is 1.76. The molecular weight excluding hydrogens is 128 g/mol. The Morgan fingerprint density at radius 3 is 3.00 bits per heavy atom. The van der Waals surface area contributed by atoms with E-state index in [0.717, 1.165) is 32.5 Å². The highest BCUT2D eigenvalue weighted by Crippen LogP contribution is 2.08. The lowest BCUT2D eigenvalue weighted by molar-refractivity contribution is -0.127. The molecule has 0 atom stereocenters. The molecule has 1 amide bonds. The van der Waals surface area contributed by atoms with Crippen LogP contribution in [0, 0.1) is 0 Å². The van der Waals surface area contributed by atoms with Gasteiger partial charge in [-0.1, -0.05) is 0 Å². The van der Waals surface area contributed by atoms with Crippen LogP contribution in [0.15, 0.2) is 0 Å². The maximum Gasteiger partial charge on any atom is 0.222 e. The summed E-state index contributed by atoms with van der Waals surface area (Å²) in [5, 5.41) is 3.94. The summed E-state index contributed by atoms with van der Waals surface area (Å²) in [5.74, 6) is 0.295. The van der Waals surface area contributed by atoms with Crippen molar-refractivity contribution in [2.75, 3.05) is 26.7 Å². The van der Waals surface area contributed by atoms with Gasteiger partial charge < -0.3 is 10.2 Å². The zero-order valence-corrected chi connectivity index (χ0v) is 6.34. The Labute approximate surface area is 61.4 Å². The Morgan fingerprint density at radius 1 is 1.70 bits per heavy atom. The van der Waals surface area contributed by atoms with Gasteiger partial charge in [-0.25, -0.2) is 0 Å². The molecule has 0 aromatic rings. The first-order valence-electron chi connectivity index (χ1n) is 3.68. The molecule has 0 aromatic carbocycles. The molecule has 0 aromatic heterocycles. The number of nitrogens with zero attached hydrogens (tertiary/aromatic N) is 2. The van der Waals surface area contributed by atoms with E-state index in [2.05, 4.69) is 5.32 Å². The van der Waals surface area contributed by atoms with Gasteiger partial charge in [-0.15, -0.1) is 6.54 Å². The van der Waals surface area contributed by atoms with E-state index >= 15 is 0 Å². The van der Waals surface area contributed by atoms with Gasteiger partial charge >= 0.3 is 0 Å². The molecule has 0 aliphatic carbocycles. The van der Waals surface area contributed by atoms with Gasteiger partial charge in [0.05, 0.1) is 0 Å². The molecule has 0 bridgehead atoms. The molecule has 0 N–H and O–H groups in total. The Balaban J connectivity index is 2.20. The van der Waals surface area contributed by atoms with Gasteiger partial charge in [-0.05, 0) is 6.42 Å². The number of rotatable bonds is 3. The topological polar surface area (TPSA) is 34.4 Å². The van der Waals surface area contributed by atoms with Crippen molar-refractivity contribution in [1.29, 1.82) is 0 Å². The van der Waals surface area contributed by atoms with E-state index in [1.165, 1.54) is 0 Å². The minimum Gasteiger partial charge on any atom is -0.664 e. The van der Waals surface area contributed by atoms with Crippen molar-refractivity contribution >= 4 is 5.91 Å². The molecule has 1 fully saturated rings. The van der Waals surface area contributed by atoms with Crippen molar-refractivity contribution in [3.63, 3.8) is 0 Å². The quantitative estimate of drug-likeness (QED) is 0.567. The molecule has 0 unspecified atom stereocenters. The summed E-state index contributed by atoms with van der Waals surface area (Å²) in [7, 11) is 1.78. The number of likely N-dealkylation sites (N-methyl/N-ethyl adjacent to an activating group) is 1. The Hall–Kier alpha value is -0.570. The van der Waals surface area contributed by atoms with Gasteiger partial charge in [-0.3, -0.25) is 4.79 Å². The molecule has 0 spiro atoms. The minimum atomic E-state index is 0.295. The zero-order valence-electron chi connectivity index (χ0n) is 6.34. The summed E-state index contributed by atoms with van der Waals surface area (Å²) < 4.78 is 0. The fourth-order valence-electron chi connectivity index (χ4n) is 1.16. The molecule has 1 heterocycles. The molecule has 10 heavy (non-hydrogen) atoms. The molecule has 0 saturated carbocycles. The molecule has 3 nitrogen and oxygen atoms in total. The number of amides is 1. The molecule has 1 saturated heterocycles. The Morgan fingerprint density at radius 2 is 2.50 bits per heavy atom. The largest absolute Gasteiger partial charge is 0.664 e. The lowest BCUT2D eigenvalue weighted by Gasteiger charge is -2.19. The predicted molar refractivity (Wildman–Crippen MR) is 40.0 cm³/mol. The van der Waals surface area contributed by atoms with Crippen molar-refractivity contribution in [2.45, 2.75) is 12.8 Å². The van der Waals surface area contributed by atoms with Crippen molar-refractivity contribution in [1.82, 2.24) is 4.90 Å². The van der Waals surface area contributed by atoms with Crippen LogP contribution in [0.3, 0.4) is 0 Å². The van der Waals surface area contributed by atoms with Crippen LogP contribution in [0.5, 0.6) is 0 Å². The monoisotopic (exact) mass is 141 g/mol. The maximum absolute atomic E-state index is 11.0. The van der Waals surface area contributed by atoms with Gasteiger partial charge in [-0.2, -0.15) is 7.05 Å². The highest BCUT2D eigenvalue weighted by Gasteiger charge is 2.17. The number of likely N-dealkylation sites (tertiary alicyclic amines) is 1. The van der Waals surface area contributed by atoms with Crippen LogP contribution in [0.1, 0.15) is 12.8 Å². The normalized spacial score (nSPS) is 18.5. The summed E-state index contributed by atoms with van der Waals surface area (Å²) in [4.78, 5) is 12.8. The van der Waals surface area contributed by atoms with E-state index in [-0.39, 0.29) is 0 Å². The van der Waals surface area contributed by atoms with E-state index in [1.54, 1.807) is 7.05 Å². The first kappa shape index (κ1) is 7.54. The highest BCUT2D eigenvalue weighted by atomic mass is 16.2. The van der Waals surface area contributed by atoms with Crippen molar-refractivity contribution < 1.29 is 4.79 Å². The average Bonchev–Trinajstić information content (AvgIpc) is 2.31. The number of hydrogen-bond acceptors (Lipinski definition) is 1. The van der Waals surface area contributed by atoms with Gasteiger partial charge in [0.25, 0.3) is 0 Å². The SMILES string of the molecule is C[N-]CCN1CCCC1=O. The van der Waals surface area contributed by atoms with Crippen LogP contribution in [0.2, 0.25) is 0 Å². The van der Waals surface area contributed by atoms with E-state index < -0.39 is 0 Å². The van der Waals surface area contributed by atoms with Crippen molar-refractivity contribution in [2.24, 2.45) is 0 Å². The summed E-state index contributed by atoms with van der Waals surface area (Å²) in [6.07, 6.45) is 1.77. The van der Waals surface area contributed by atoms with E-state index in [1.807, 2.05) is 4.90 Å². The van der Waals surface area contributed by atoms with Crippen molar-refractivity contribution in [3.8, 4) is 0 Å². The van der Waals surface area contributed by atoms with Crippen LogP contribution in [-0.2, 0) is 4.79 Å². The summed E-state index contributed by atoms with van der Waals surface area (Å²) >= 11 is 0. The van der Waals surface area contributed by atoms with E-state index in [4.69, 9.17) is 0 Å². The predicted octanol–water partition coefficient (Wildman–Crippen LogP) is 0.612. The smallest absolute Gasteiger partial charge is 0.222 e. The fraction of sp³-hybridized carbons (Fsp3) is 0.857. The molecule has 1 rings (SSSR count). The third kappa shape index (κ3) is 1.70. The van der Waals surface area contributed by atoms with Crippen LogP contribution in [-0.4, -0.2) is 37.5 Å². The van der Waals surface area contributed by atoms with Crippen LogP contribution in [0.4, 0.5) is 0 Å². The number of carbonyl (C=O) groups excluding carboxylic acids is 1. The van der Waals surface area contributed by atoms with Crippen LogP contribution < -0.4 is 0 Å². The lowest BCUT2D eigenvalue weighted by atomic mass is 10.4. The van der Waals surface area contributed by atoms with Gasteiger partial charge in [0.2, 0.25) is 5.91 Å². The molecule has 0 radical (unpaired) electrons. The number of carbonyl (C=O) groups is 1. The molecule has 1 aliphatic rings. The summed E-state index contributed by atoms with van der Waals surface area (Å²) in [5.41, 5.74) is 0. The fourth-order valence-corrected chi connectivity index (χ4v) is 1.16. The number of hydrogen-bond donors (Lipinski definition) is 0. The summed E-state index contributed by atoms with van der Waals surface area (Å²) in [6, 6.07) is 0. The Kier molecular flexibility index (Phi) is 2.68. The van der Waals surface area contributed by atoms with Gasteiger partial charge in [0.1, 0.15) is 0 Å². The zero-order chi connectivity index (χ0) is 7.40. The average molecular weight is 141 g/mol. The molecule has 58 valence electrons. The first-order valence-corrected chi connectivity index (χ1v) is 3.68. The van der Waals surface area contributed by atoms with Gasteiger partial charge in [0, 0.05) is 19.5 Å². The Bertz CT molecular complexity index is 125. The van der Waals surface area contributed by atoms with Crippen LogP contribution in [0.25, 0.3) is 5.32 Å². The molecular formula is C7H13N2O-.